The van der Waals surface area contributed by atoms with Crippen molar-refractivity contribution in [1.82, 2.24) is 4.90 Å². The Kier molecular flexibility index (Phi) is 6.63. The first-order valence-electron chi connectivity index (χ1n) is 14.1. The maximum atomic E-state index is 14.1. The molecule has 3 amide bonds. The SMILES string of the molecule is CC1CC23O[C@]1(C)[C@@H](C(=O)Nc1ccccc1)[C@H]2C(=O)N(CCCCO)C3C(=O)Nc1ccc2ccccc2c1. The summed E-state index contributed by atoms with van der Waals surface area (Å²) in [6, 6.07) is 21.9. The van der Waals surface area contributed by atoms with Crippen molar-refractivity contribution in [1.29, 1.82) is 0 Å². The highest BCUT2D eigenvalue weighted by atomic mass is 16.5. The zero-order valence-corrected chi connectivity index (χ0v) is 22.8. The minimum atomic E-state index is -1.12. The van der Waals surface area contributed by atoms with E-state index in [0.717, 1.165) is 10.8 Å². The summed E-state index contributed by atoms with van der Waals surface area (Å²) in [4.78, 5) is 43.7. The highest BCUT2D eigenvalue weighted by molar-refractivity contribution is 6.06. The van der Waals surface area contributed by atoms with Gasteiger partial charge in [0.1, 0.15) is 11.6 Å². The number of anilines is 2. The minimum Gasteiger partial charge on any atom is -0.396 e. The molecule has 40 heavy (non-hydrogen) atoms. The number of hydrogen-bond acceptors (Lipinski definition) is 5. The molecule has 3 aliphatic rings. The van der Waals surface area contributed by atoms with E-state index in [1.54, 1.807) is 4.90 Å². The van der Waals surface area contributed by atoms with Crippen molar-refractivity contribution in [3.63, 3.8) is 0 Å². The van der Waals surface area contributed by atoms with Gasteiger partial charge in [0.05, 0.1) is 17.4 Å². The van der Waals surface area contributed by atoms with Gasteiger partial charge in [0.15, 0.2) is 0 Å². The van der Waals surface area contributed by atoms with Crippen molar-refractivity contribution < 1.29 is 24.2 Å². The second-order valence-electron chi connectivity index (χ2n) is 11.6. The molecule has 3 fully saturated rings. The number of nitrogens with one attached hydrogen (secondary N) is 2. The van der Waals surface area contributed by atoms with Crippen LogP contribution >= 0.6 is 0 Å². The molecule has 8 nitrogen and oxygen atoms in total. The van der Waals surface area contributed by atoms with E-state index in [4.69, 9.17) is 4.74 Å². The van der Waals surface area contributed by atoms with Gasteiger partial charge in [-0.15, -0.1) is 0 Å². The van der Waals surface area contributed by atoms with Crippen molar-refractivity contribution in [3.8, 4) is 0 Å². The van der Waals surface area contributed by atoms with Crippen LogP contribution in [0.4, 0.5) is 11.4 Å². The van der Waals surface area contributed by atoms with Crippen LogP contribution < -0.4 is 10.6 Å². The van der Waals surface area contributed by atoms with Gasteiger partial charge in [0, 0.05) is 24.5 Å². The predicted octanol–water partition coefficient (Wildman–Crippen LogP) is 4.20. The molecule has 0 radical (unpaired) electrons. The molecule has 1 spiro atoms. The number of carbonyl (C=O) groups excluding carboxylic acids is 3. The van der Waals surface area contributed by atoms with Crippen LogP contribution in [0.3, 0.4) is 0 Å². The second-order valence-corrected chi connectivity index (χ2v) is 11.6. The lowest BCUT2D eigenvalue weighted by Gasteiger charge is -2.36. The lowest BCUT2D eigenvalue weighted by molar-refractivity contribution is -0.144. The average molecular weight is 542 g/mol. The fourth-order valence-corrected chi connectivity index (χ4v) is 7.29. The molecule has 0 aliphatic carbocycles. The summed E-state index contributed by atoms with van der Waals surface area (Å²) in [5.74, 6) is -2.40. The van der Waals surface area contributed by atoms with E-state index in [-0.39, 0.29) is 30.2 Å². The quantitative estimate of drug-likeness (QED) is 0.371. The van der Waals surface area contributed by atoms with Crippen molar-refractivity contribution in [2.45, 2.75) is 50.4 Å². The molecule has 3 unspecified atom stereocenters. The van der Waals surface area contributed by atoms with Crippen LogP contribution in [-0.4, -0.2) is 58.1 Å². The summed E-state index contributed by atoms with van der Waals surface area (Å²) in [5, 5.41) is 17.5. The van der Waals surface area contributed by atoms with Crippen molar-refractivity contribution in [2.75, 3.05) is 23.8 Å². The average Bonchev–Trinajstić information content (AvgIpc) is 3.46. The van der Waals surface area contributed by atoms with Crippen molar-refractivity contribution >= 4 is 39.9 Å². The van der Waals surface area contributed by atoms with Gasteiger partial charge in [0.25, 0.3) is 0 Å². The molecular formula is C32H35N3O5. The number of fused-ring (bicyclic) bond motifs is 2. The Bertz CT molecular complexity index is 1460. The highest BCUT2D eigenvalue weighted by Gasteiger charge is 2.79. The number of ether oxygens (including phenoxy) is 1. The summed E-state index contributed by atoms with van der Waals surface area (Å²) in [5.41, 5.74) is -0.727. The normalized spacial score (nSPS) is 30.5. The standard InChI is InChI=1S/C32H35N3O5/c1-20-19-32-26(25(31(20,2)40-32)28(37)33-23-12-4-3-5-13-23)30(39)35(16-8-9-17-36)27(32)29(38)34-24-15-14-21-10-6-7-11-22(21)18-24/h3-7,10-15,18,20,25-27,36H,8-9,16-17,19H2,1-2H3,(H,33,37)(H,34,38)/t20?,25-,26+,27?,31+,32?/m1/s1. The molecule has 3 N–H and O–H groups in total. The molecule has 3 saturated heterocycles. The van der Waals surface area contributed by atoms with Gasteiger partial charge < -0.3 is 25.4 Å². The zero-order valence-electron chi connectivity index (χ0n) is 22.8. The third-order valence-electron chi connectivity index (χ3n) is 9.21. The Morgan fingerprint density at radius 2 is 1.65 bits per heavy atom. The number of carbonyl (C=O) groups is 3. The van der Waals surface area contributed by atoms with Crippen LogP contribution in [0.15, 0.2) is 72.8 Å². The largest absolute Gasteiger partial charge is 0.396 e. The van der Waals surface area contributed by atoms with Crippen LogP contribution in [0.25, 0.3) is 10.8 Å². The Labute approximate surface area is 233 Å². The second kappa shape index (κ2) is 10.0. The van der Waals surface area contributed by atoms with E-state index in [9.17, 15) is 19.5 Å². The van der Waals surface area contributed by atoms with E-state index in [1.807, 2.05) is 86.6 Å². The van der Waals surface area contributed by atoms with Crippen LogP contribution in [0.2, 0.25) is 0 Å². The van der Waals surface area contributed by atoms with E-state index >= 15 is 0 Å². The summed E-state index contributed by atoms with van der Waals surface area (Å²) in [6.45, 7) is 4.24. The third kappa shape index (κ3) is 4.09. The molecule has 208 valence electrons. The van der Waals surface area contributed by atoms with Gasteiger partial charge in [0.2, 0.25) is 17.7 Å². The van der Waals surface area contributed by atoms with E-state index in [0.29, 0.717) is 37.2 Å². The van der Waals surface area contributed by atoms with Crippen LogP contribution in [0.5, 0.6) is 0 Å². The molecule has 3 heterocycles. The maximum absolute atomic E-state index is 14.1. The predicted molar refractivity (Wildman–Crippen MR) is 152 cm³/mol. The van der Waals surface area contributed by atoms with Crippen LogP contribution in [0.1, 0.15) is 33.1 Å². The van der Waals surface area contributed by atoms with Gasteiger partial charge in [-0.3, -0.25) is 14.4 Å². The fourth-order valence-electron chi connectivity index (χ4n) is 7.29. The molecule has 2 bridgehead atoms. The molecule has 6 rings (SSSR count). The maximum Gasteiger partial charge on any atom is 0.250 e. The zero-order chi connectivity index (χ0) is 28.1. The summed E-state index contributed by atoms with van der Waals surface area (Å²) < 4.78 is 6.77. The summed E-state index contributed by atoms with van der Waals surface area (Å²) in [7, 11) is 0. The molecule has 0 saturated carbocycles. The van der Waals surface area contributed by atoms with Gasteiger partial charge in [-0.2, -0.15) is 0 Å². The van der Waals surface area contributed by atoms with E-state index < -0.39 is 29.1 Å². The number of unbranched alkanes of at least 4 members (excludes halogenated alkanes) is 1. The smallest absolute Gasteiger partial charge is 0.250 e. The van der Waals surface area contributed by atoms with E-state index in [2.05, 4.69) is 10.6 Å². The monoisotopic (exact) mass is 541 g/mol. The number of hydrogen-bond donors (Lipinski definition) is 3. The highest BCUT2D eigenvalue weighted by Crippen LogP contribution is 2.65. The molecule has 6 atom stereocenters. The van der Waals surface area contributed by atoms with Gasteiger partial charge in [-0.25, -0.2) is 0 Å². The molecule has 8 heteroatoms. The molecule has 0 aromatic heterocycles. The minimum absolute atomic E-state index is 0.00172. The Balaban J connectivity index is 1.36. The lowest BCUT2D eigenvalue weighted by Crippen LogP contribution is -2.54. The Hall–Kier alpha value is -3.75. The number of benzene rings is 3. The van der Waals surface area contributed by atoms with Gasteiger partial charge >= 0.3 is 0 Å². The molecule has 3 aromatic carbocycles. The number of nitrogens with zero attached hydrogens (tertiary/aromatic N) is 1. The number of aliphatic hydroxyl groups is 1. The number of amides is 3. The van der Waals surface area contributed by atoms with Crippen LogP contribution in [0, 0.1) is 17.8 Å². The number of rotatable bonds is 8. The molecule has 3 aliphatic heterocycles. The summed E-state index contributed by atoms with van der Waals surface area (Å²) in [6.07, 6.45) is 1.55. The lowest BCUT2D eigenvalue weighted by atomic mass is 9.62. The van der Waals surface area contributed by atoms with Gasteiger partial charge in [-0.05, 0) is 67.1 Å². The number of likely N-dealkylation sites (tertiary alicyclic amines) is 1. The third-order valence-corrected chi connectivity index (χ3v) is 9.21. The number of aliphatic hydroxyl groups excluding tert-OH is 1. The van der Waals surface area contributed by atoms with E-state index in [1.165, 1.54) is 0 Å². The first-order valence-corrected chi connectivity index (χ1v) is 14.1. The Morgan fingerprint density at radius 1 is 0.950 bits per heavy atom. The summed E-state index contributed by atoms with van der Waals surface area (Å²) >= 11 is 0. The topological polar surface area (TPSA) is 108 Å². The van der Waals surface area contributed by atoms with Crippen molar-refractivity contribution in [2.24, 2.45) is 17.8 Å². The first kappa shape index (κ1) is 26.5. The number of para-hydroxylation sites is 1. The fraction of sp³-hybridized carbons (Fsp3) is 0.406. The van der Waals surface area contributed by atoms with Crippen LogP contribution in [-0.2, 0) is 19.1 Å². The molecule has 3 aromatic rings. The molecular weight excluding hydrogens is 506 g/mol. The Morgan fingerprint density at radius 3 is 2.40 bits per heavy atom. The van der Waals surface area contributed by atoms with Crippen molar-refractivity contribution in [3.05, 3.63) is 72.8 Å². The first-order chi connectivity index (χ1) is 19.3. The van der Waals surface area contributed by atoms with Gasteiger partial charge in [-0.1, -0.05) is 55.5 Å².